The Morgan fingerprint density at radius 2 is 1.93 bits per heavy atom. The molecule has 0 atom stereocenters. The van der Waals surface area contributed by atoms with Crippen molar-refractivity contribution in [2.45, 2.75) is 5.88 Å². The van der Waals surface area contributed by atoms with Crippen molar-refractivity contribution in [1.29, 1.82) is 10.5 Å². The lowest BCUT2D eigenvalue weighted by molar-refractivity contribution is 0.955. The highest BCUT2D eigenvalue weighted by molar-refractivity contribution is 7.16. The lowest BCUT2D eigenvalue weighted by Gasteiger charge is -2.12. The Morgan fingerprint density at radius 3 is 2.33 bits per heavy atom. The molecular formula is C8H6Cl2N4S. The van der Waals surface area contributed by atoms with Crippen LogP contribution in [0.5, 0.6) is 0 Å². The smallest absolute Gasteiger partial charge is 0.188 e. The van der Waals surface area contributed by atoms with Gasteiger partial charge >= 0.3 is 0 Å². The summed E-state index contributed by atoms with van der Waals surface area (Å²) in [4.78, 5) is 6.34. The fraction of sp³-hybridized carbons (Fsp3) is 0.375. The largest absolute Gasteiger partial charge is 0.321 e. The van der Waals surface area contributed by atoms with E-state index in [2.05, 4.69) is 4.98 Å². The number of nitriles is 2. The van der Waals surface area contributed by atoms with Crippen molar-refractivity contribution < 1.29 is 0 Å². The number of anilines is 1. The third-order valence-electron chi connectivity index (χ3n) is 1.55. The second-order valence-corrected chi connectivity index (χ2v) is 4.20. The molecule has 0 saturated carbocycles. The van der Waals surface area contributed by atoms with Crippen LogP contribution in [-0.2, 0) is 5.88 Å². The van der Waals surface area contributed by atoms with E-state index in [0.29, 0.717) is 10.3 Å². The van der Waals surface area contributed by atoms with E-state index in [9.17, 15) is 0 Å². The molecular weight excluding hydrogens is 255 g/mol. The number of thiazole rings is 1. The van der Waals surface area contributed by atoms with E-state index in [-0.39, 0.29) is 19.0 Å². The van der Waals surface area contributed by atoms with Gasteiger partial charge in [0.1, 0.15) is 18.2 Å². The highest BCUT2D eigenvalue weighted by Crippen LogP contribution is 2.30. The first kappa shape index (κ1) is 12.1. The maximum atomic E-state index is 8.57. The number of alkyl halides is 1. The average Bonchev–Trinajstić information content (AvgIpc) is 2.59. The molecule has 78 valence electrons. The minimum absolute atomic E-state index is 0.110. The van der Waals surface area contributed by atoms with Gasteiger partial charge in [0.15, 0.2) is 5.13 Å². The van der Waals surface area contributed by atoms with Crippen LogP contribution in [0.25, 0.3) is 0 Å². The molecule has 4 nitrogen and oxygen atoms in total. The fourth-order valence-corrected chi connectivity index (χ4v) is 2.37. The first-order valence-electron chi connectivity index (χ1n) is 3.93. The summed E-state index contributed by atoms with van der Waals surface area (Å²) in [5, 5.41) is 18.0. The second kappa shape index (κ2) is 5.77. The van der Waals surface area contributed by atoms with Crippen molar-refractivity contribution in [2.75, 3.05) is 18.0 Å². The van der Waals surface area contributed by atoms with Crippen LogP contribution < -0.4 is 4.90 Å². The van der Waals surface area contributed by atoms with Crippen LogP contribution in [0.2, 0.25) is 5.15 Å². The number of hydrogen-bond donors (Lipinski definition) is 0. The summed E-state index contributed by atoms with van der Waals surface area (Å²) in [6.07, 6.45) is 0. The number of halogens is 2. The second-order valence-electron chi connectivity index (χ2n) is 2.52. The number of hydrogen-bond acceptors (Lipinski definition) is 5. The number of nitrogens with zero attached hydrogens (tertiary/aromatic N) is 4. The van der Waals surface area contributed by atoms with Crippen molar-refractivity contribution in [2.24, 2.45) is 0 Å². The van der Waals surface area contributed by atoms with Gasteiger partial charge in [-0.2, -0.15) is 10.5 Å². The Labute approximate surface area is 101 Å². The van der Waals surface area contributed by atoms with E-state index in [1.54, 1.807) is 4.90 Å². The number of rotatable bonds is 4. The molecule has 0 fully saturated rings. The Kier molecular flexibility index (Phi) is 4.64. The van der Waals surface area contributed by atoms with Gasteiger partial charge in [0, 0.05) is 0 Å². The first-order valence-corrected chi connectivity index (χ1v) is 5.65. The fourth-order valence-electron chi connectivity index (χ4n) is 0.901. The zero-order valence-corrected chi connectivity index (χ0v) is 9.90. The van der Waals surface area contributed by atoms with E-state index in [1.807, 2.05) is 12.1 Å². The highest BCUT2D eigenvalue weighted by Gasteiger charge is 2.14. The molecule has 0 radical (unpaired) electrons. The molecule has 1 rings (SSSR count). The molecule has 1 heterocycles. The van der Waals surface area contributed by atoms with Gasteiger partial charge in [-0.1, -0.05) is 22.9 Å². The quantitative estimate of drug-likeness (QED) is 0.616. The maximum Gasteiger partial charge on any atom is 0.188 e. The summed E-state index contributed by atoms with van der Waals surface area (Å²) in [5.74, 6) is 0.281. The summed E-state index contributed by atoms with van der Waals surface area (Å²) in [5.41, 5.74) is 0. The summed E-state index contributed by atoms with van der Waals surface area (Å²) in [6, 6.07) is 3.93. The third kappa shape index (κ3) is 2.97. The van der Waals surface area contributed by atoms with Crippen LogP contribution in [0.3, 0.4) is 0 Å². The summed E-state index contributed by atoms with van der Waals surface area (Å²) >= 11 is 12.7. The topological polar surface area (TPSA) is 63.7 Å². The van der Waals surface area contributed by atoms with Crippen molar-refractivity contribution in [3.05, 3.63) is 10.0 Å². The van der Waals surface area contributed by atoms with Crippen molar-refractivity contribution in [3.8, 4) is 12.1 Å². The molecule has 0 bridgehead atoms. The monoisotopic (exact) mass is 260 g/mol. The van der Waals surface area contributed by atoms with Gasteiger partial charge in [0.05, 0.1) is 22.9 Å². The Morgan fingerprint density at radius 1 is 1.33 bits per heavy atom. The zero-order valence-electron chi connectivity index (χ0n) is 7.57. The molecule has 1 aromatic rings. The van der Waals surface area contributed by atoms with Gasteiger partial charge in [0.2, 0.25) is 0 Å². The molecule has 0 aromatic carbocycles. The number of aromatic nitrogens is 1. The predicted molar refractivity (Wildman–Crippen MR) is 60.1 cm³/mol. The molecule has 0 spiro atoms. The standard InChI is InChI=1S/C8H6Cl2N4S/c9-5-6-7(10)13-8(15-6)14(3-1-11)4-2-12/h3-5H2. The van der Waals surface area contributed by atoms with Crippen LogP contribution >= 0.6 is 34.5 Å². The van der Waals surface area contributed by atoms with Gasteiger partial charge in [-0.25, -0.2) is 4.98 Å². The van der Waals surface area contributed by atoms with Gasteiger partial charge in [-0.05, 0) is 0 Å². The SMILES string of the molecule is N#CCN(CC#N)c1nc(Cl)c(CCl)s1. The van der Waals surface area contributed by atoms with Crippen LogP contribution in [0.15, 0.2) is 0 Å². The maximum absolute atomic E-state index is 8.57. The molecule has 7 heteroatoms. The van der Waals surface area contributed by atoms with E-state index < -0.39 is 0 Å². The molecule has 0 N–H and O–H groups in total. The summed E-state index contributed by atoms with van der Waals surface area (Å²) < 4.78 is 0. The van der Waals surface area contributed by atoms with E-state index >= 15 is 0 Å². The molecule has 1 aromatic heterocycles. The summed E-state index contributed by atoms with van der Waals surface area (Å²) in [6.45, 7) is 0.220. The van der Waals surface area contributed by atoms with Crippen LogP contribution in [0.1, 0.15) is 4.88 Å². The minimum Gasteiger partial charge on any atom is -0.321 e. The Hall–Kier alpha value is -1.01. The van der Waals surface area contributed by atoms with Gasteiger partial charge < -0.3 is 4.90 Å². The van der Waals surface area contributed by atoms with Crippen molar-refractivity contribution in [1.82, 2.24) is 4.98 Å². The van der Waals surface area contributed by atoms with Crippen LogP contribution in [0.4, 0.5) is 5.13 Å². The molecule has 0 unspecified atom stereocenters. The van der Waals surface area contributed by atoms with Gasteiger partial charge in [-0.3, -0.25) is 0 Å². The van der Waals surface area contributed by atoms with Gasteiger partial charge in [0.25, 0.3) is 0 Å². The third-order valence-corrected chi connectivity index (χ3v) is 3.52. The molecule has 0 aliphatic heterocycles. The van der Waals surface area contributed by atoms with E-state index in [1.165, 1.54) is 11.3 Å². The van der Waals surface area contributed by atoms with E-state index in [4.69, 9.17) is 33.7 Å². The lowest BCUT2D eigenvalue weighted by Crippen LogP contribution is -2.23. The van der Waals surface area contributed by atoms with Crippen LogP contribution in [0, 0.1) is 22.7 Å². The van der Waals surface area contributed by atoms with Crippen molar-refractivity contribution >= 4 is 39.7 Å². The normalized spacial score (nSPS) is 9.33. The molecule has 0 aliphatic rings. The average molecular weight is 261 g/mol. The Bertz CT molecular complexity index is 401. The molecule has 15 heavy (non-hydrogen) atoms. The highest BCUT2D eigenvalue weighted by atomic mass is 35.5. The molecule has 0 amide bonds. The minimum atomic E-state index is 0.110. The summed E-state index contributed by atoms with van der Waals surface area (Å²) in [7, 11) is 0. The van der Waals surface area contributed by atoms with E-state index in [0.717, 1.165) is 4.88 Å². The van der Waals surface area contributed by atoms with Gasteiger partial charge in [-0.15, -0.1) is 11.6 Å². The van der Waals surface area contributed by atoms with Crippen LogP contribution in [-0.4, -0.2) is 18.1 Å². The molecule has 0 saturated heterocycles. The first-order chi connectivity index (χ1) is 7.22. The Balaban J connectivity index is 2.92. The predicted octanol–water partition coefficient (Wildman–Crippen LogP) is 2.39. The molecule has 0 aliphatic carbocycles. The lowest BCUT2D eigenvalue weighted by atomic mass is 10.5. The van der Waals surface area contributed by atoms with Crippen molar-refractivity contribution in [3.63, 3.8) is 0 Å². The zero-order chi connectivity index (χ0) is 11.3.